The van der Waals surface area contributed by atoms with Crippen molar-refractivity contribution in [3.8, 4) is 0 Å². The summed E-state index contributed by atoms with van der Waals surface area (Å²) in [6, 6.07) is 13.0. The maximum atomic E-state index is 12.3. The molecule has 25 heavy (non-hydrogen) atoms. The number of nitrogens with zero attached hydrogens (tertiary/aromatic N) is 1. The molecule has 0 saturated carbocycles. The van der Waals surface area contributed by atoms with Crippen LogP contribution < -0.4 is 5.32 Å². The summed E-state index contributed by atoms with van der Waals surface area (Å²) < 4.78 is 0. The summed E-state index contributed by atoms with van der Waals surface area (Å²) in [6.45, 7) is 1.97. The quantitative estimate of drug-likeness (QED) is 0.482. The number of nitrogens with one attached hydrogen (secondary N) is 1. The molecule has 0 aliphatic carbocycles. The molecule has 3 nitrogen and oxygen atoms in total. The van der Waals surface area contributed by atoms with E-state index in [4.69, 9.17) is 23.2 Å². The fraction of sp³-hybridized carbons (Fsp3) is 0.350. The lowest BCUT2D eigenvalue weighted by molar-refractivity contribution is 0.0983. The second-order valence-electron chi connectivity index (χ2n) is 6.32. The molecule has 2 rings (SSSR count). The number of carbonyl (C=O) groups is 1. The summed E-state index contributed by atoms with van der Waals surface area (Å²) >= 11 is 12.0. The largest absolute Gasteiger partial charge is 0.385 e. The van der Waals surface area contributed by atoms with Crippen LogP contribution in [0.3, 0.4) is 0 Å². The van der Waals surface area contributed by atoms with Crippen LogP contribution in [0.15, 0.2) is 42.5 Å². The van der Waals surface area contributed by atoms with Crippen molar-refractivity contribution in [2.75, 3.05) is 32.5 Å². The number of carbonyl (C=O) groups excluding carboxylic acids is 1. The molecule has 2 aromatic rings. The molecule has 0 aliphatic rings. The third-order valence-corrected chi connectivity index (χ3v) is 4.54. The van der Waals surface area contributed by atoms with Crippen molar-refractivity contribution in [3.63, 3.8) is 0 Å². The lowest BCUT2D eigenvalue weighted by atomic mass is 10.0. The van der Waals surface area contributed by atoms with Crippen LogP contribution in [0.5, 0.6) is 0 Å². The van der Waals surface area contributed by atoms with Gasteiger partial charge in [-0.05, 0) is 75.4 Å². The van der Waals surface area contributed by atoms with E-state index in [1.165, 1.54) is 0 Å². The molecule has 0 aromatic heterocycles. The highest BCUT2D eigenvalue weighted by atomic mass is 35.5. The first kappa shape index (κ1) is 19.8. The van der Waals surface area contributed by atoms with Gasteiger partial charge < -0.3 is 10.2 Å². The number of rotatable bonds is 9. The van der Waals surface area contributed by atoms with Crippen molar-refractivity contribution in [1.82, 2.24) is 4.90 Å². The number of ketones is 1. The lowest BCUT2D eigenvalue weighted by Gasteiger charge is -2.11. The molecule has 0 saturated heterocycles. The van der Waals surface area contributed by atoms with Crippen LogP contribution in [0, 0.1) is 0 Å². The average Bonchev–Trinajstić information content (AvgIpc) is 2.58. The number of hydrogen-bond donors (Lipinski definition) is 1. The van der Waals surface area contributed by atoms with E-state index in [0.717, 1.165) is 36.3 Å². The third-order valence-electron chi connectivity index (χ3n) is 3.95. The lowest BCUT2D eigenvalue weighted by Crippen LogP contribution is -2.16. The molecule has 0 spiro atoms. The monoisotopic (exact) mass is 378 g/mol. The molecule has 1 N–H and O–H groups in total. The molecule has 0 bridgehead atoms. The molecule has 0 unspecified atom stereocenters. The topological polar surface area (TPSA) is 32.3 Å². The Morgan fingerprint density at radius 3 is 2.44 bits per heavy atom. The number of anilines is 1. The number of Topliss-reactive ketones (excluding diaryl/α,β-unsaturated/α-hetero) is 1. The molecule has 0 radical (unpaired) electrons. The van der Waals surface area contributed by atoms with E-state index in [1.54, 1.807) is 12.1 Å². The van der Waals surface area contributed by atoms with Gasteiger partial charge >= 0.3 is 0 Å². The van der Waals surface area contributed by atoms with Gasteiger partial charge in [0.1, 0.15) is 0 Å². The van der Waals surface area contributed by atoms with Gasteiger partial charge in [0.25, 0.3) is 0 Å². The maximum absolute atomic E-state index is 12.3. The van der Waals surface area contributed by atoms with Crippen LogP contribution in [0.25, 0.3) is 0 Å². The van der Waals surface area contributed by atoms with Crippen LogP contribution >= 0.6 is 23.2 Å². The summed E-state index contributed by atoms with van der Waals surface area (Å²) in [5, 5.41) is 4.58. The van der Waals surface area contributed by atoms with E-state index in [-0.39, 0.29) is 5.78 Å². The fourth-order valence-corrected chi connectivity index (χ4v) is 3.02. The van der Waals surface area contributed by atoms with Gasteiger partial charge in [0.2, 0.25) is 0 Å². The van der Waals surface area contributed by atoms with E-state index < -0.39 is 0 Å². The van der Waals surface area contributed by atoms with Crippen LogP contribution in [-0.4, -0.2) is 37.9 Å². The Bertz CT molecular complexity index is 699. The number of hydrogen-bond acceptors (Lipinski definition) is 3. The predicted octanol–water partition coefficient (Wildman–Crippen LogP) is 5.17. The maximum Gasteiger partial charge on any atom is 0.163 e. The van der Waals surface area contributed by atoms with Gasteiger partial charge in [-0.1, -0.05) is 29.3 Å². The van der Waals surface area contributed by atoms with E-state index in [9.17, 15) is 4.79 Å². The summed E-state index contributed by atoms with van der Waals surface area (Å²) in [4.78, 5) is 14.5. The van der Waals surface area contributed by atoms with E-state index in [1.807, 2.05) is 30.3 Å². The molecule has 0 aliphatic heterocycles. The molecule has 0 heterocycles. The Labute approximate surface area is 159 Å². The van der Waals surface area contributed by atoms with Gasteiger partial charge in [0.15, 0.2) is 5.78 Å². The molecule has 5 heteroatoms. The Balaban J connectivity index is 1.83. The van der Waals surface area contributed by atoms with E-state index >= 15 is 0 Å². The Morgan fingerprint density at radius 1 is 1.08 bits per heavy atom. The zero-order valence-electron chi connectivity index (χ0n) is 14.7. The third kappa shape index (κ3) is 6.69. The second kappa shape index (κ2) is 9.81. The van der Waals surface area contributed by atoms with Crippen LogP contribution in [-0.2, 0) is 6.42 Å². The number of halogens is 2. The van der Waals surface area contributed by atoms with Crippen LogP contribution in [0.4, 0.5) is 5.69 Å². The summed E-state index contributed by atoms with van der Waals surface area (Å²) in [7, 11) is 4.13. The Hall–Kier alpha value is -1.55. The number of aryl methyl sites for hydroxylation is 1. The molecular formula is C20H24Cl2N2O. The van der Waals surface area contributed by atoms with Crippen molar-refractivity contribution in [1.29, 1.82) is 0 Å². The van der Waals surface area contributed by atoms with Gasteiger partial charge in [-0.15, -0.1) is 0 Å². The first-order valence-electron chi connectivity index (χ1n) is 8.41. The SMILES string of the molecule is CN(C)CCCNc1ccc(C(=O)CCc2ccc(Cl)cc2Cl)cc1. The smallest absolute Gasteiger partial charge is 0.163 e. The van der Waals surface area contributed by atoms with Crippen molar-refractivity contribution in [3.05, 3.63) is 63.6 Å². The highest BCUT2D eigenvalue weighted by molar-refractivity contribution is 6.35. The van der Waals surface area contributed by atoms with Crippen molar-refractivity contribution in [2.24, 2.45) is 0 Å². The minimum Gasteiger partial charge on any atom is -0.385 e. The zero-order chi connectivity index (χ0) is 18.2. The minimum absolute atomic E-state index is 0.116. The number of benzene rings is 2. The minimum atomic E-state index is 0.116. The predicted molar refractivity (Wildman–Crippen MR) is 107 cm³/mol. The molecule has 0 fully saturated rings. The van der Waals surface area contributed by atoms with Gasteiger partial charge in [-0.2, -0.15) is 0 Å². The molecular weight excluding hydrogens is 355 g/mol. The molecule has 0 amide bonds. The Morgan fingerprint density at radius 2 is 1.80 bits per heavy atom. The van der Waals surface area contributed by atoms with Crippen molar-refractivity contribution < 1.29 is 4.79 Å². The fourth-order valence-electron chi connectivity index (χ4n) is 2.52. The summed E-state index contributed by atoms with van der Waals surface area (Å²) in [5.41, 5.74) is 2.71. The van der Waals surface area contributed by atoms with Crippen LogP contribution in [0.1, 0.15) is 28.8 Å². The van der Waals surface area contributed by atoms with E-state index in [0.29, 0.717) is 22.9 Å². The van der Waals surface area contributed by atoms with E-state index in [2.05, 4.69) is 24.3 Å². The summed E-state index contributed by atoms with van der Waals surface area (Å²) in [6.07, 6.45) is 2.12. The van der Waals surface area contributed by atoms with Gasteiger partial charge in [-0.3, -0.25) is 4.79 Å². The standard InChI is InChI=1S/C20H24Cl2N2O/c1-24(2)13-3-12-23-18-9-5-16(6-10-18)20(25)11-7-15-4-8-17(21)14-19(15)22/h4-6,8-10,14,23H,3,7,11-13H2,1-2H3. The highest BCUT2D eigenvalue weighted by Crippen LogP contribution is 2.22. The van der Waals surface area contributed by atoms with Gasteiger partial charge in [0, 0.05) is 34.3 Å². The first-order valence-corrected chi connectivity index (χ1v) is 9.17. The molecule has 0 atom stereocenters. The normalized spacial score (nSPS) is 10.9. The first-order chi connectivity index (χ1) is 12.0. The zero-order valence-corrected chi connectivity index (χ0v) is 16.2. The van der Waals surface area contributed by atoms with Crippen LogP contribution in [0.2, 0.25) is 10.0 Å². The van der Waals surface area contributed by atoms with Gasteiger partial charge in [-0.25, -0.2) is 0 Å². The second-order valence-corrected chi connectivity index (χ2v) is 7.16. The van der Waals surface area contributed by atoms with Gasteiger partial charge in [0.05, 0.1) is 0 Å². The van der Waals surface area contributed by atoms with Crippen molar-refractivity contribution >= 4 is 34.7 Å². The summed E-state index contributed by atoms with van der Waals surface area (Å²) in [5.74, 6) is 0.116. The highest BCUT2D eigenvalue weighted by Gasteiger charge is 2.08. The molecule has 2 aromatic carbocycles. The Kier molecular flexibility index (Phi) is 7.76. The molecule has 134 valence electrons. The van der Waals surface area contributed by atoms with Crippen molar-refractivity contribution in [2.45, 2.75) is 19.3 Å². The average molecular weight is 379 g/mol.